The summed E-state index contributed by atoms with van der Waals surface area (Å²) in [5.41, 5.74) is 15.4. The Kier molecular flexibility index (Phi) is 17.5. The van der Waals surface area contributed by atoms with Crippen LogP contribution < -0.4 is 50.5 Å². The van der Waals surface area contributed by atoms with Crippen LogP contribution in [0.4, 0.5) is 0 Å². The van der Waals surface area contributed by atoms with Gasteiger partial charge in [0.25, 0.3) is 11.8 Å². The standard InChI is InChI=1S/C23H21N5O3S.C22H19N5O4S.Na.H2O/c1-3-31-17-11-9-15(10-12-17)21-25-18(20(24)30)19-22(27-21)28(16-7-5-4-6-8-16)23(26-19)32-13-14(2)29;1-2-31-15-10-8-13(9-11-15)20-24-17(19(23)30)18-21(26-20)27(14-6-4-3-5-7-14)22(25-18)32-12-16(28)29;;/h4-12H,3,13H2,1-2H3,(H2,24,30);3-11H,2,12H2,1H3,(H2,23,30)(H,28,29);;1H2/q;;+1;/p-1. The number of nitrogens with zero attached hydrogens (tertiary/aromatic N) is 8. The Morgan fingerprint density at radius 2 is 0.955 bits per heavy atom. The summed E-state index contributed by atoms with van der Waals surface area (Å²) < 4.78 is 14.5. The Bertz CT molecular complexity index is 2790. The molecule has 0 bridgehead atoms. The molecule has 0 aliphatic carbocycles. The Labute approximate surface area is 408 Å². The fourth-order valence-corrected chi connectivity index (χ4v) is 7.86. The molecule has 4 aromatic carbocycles. The summed E-state index contributed by atoms with van der Waals surface area (Å²) in [6.45, 7) is 6.43. The van der Waals surface area contributed by atoms with Crippen LogP contribution in [0.25, 0.3) is 56.5 Å². The van der Waals surface area contributed by atoms with E-state index in [2.05, 4.69) is 24.9 Å². The maximum atomic E-state index is 12.3. The number of ether oxygens (including phenoxy) is 2. The molecular formula is C45H41N10NaO8S2. The number of aromatic nitrogens is 8. The number of imidazole rings is 2. The topological polar surface area (TPSA) is 276 Å². The molecular weight excluding hydrogens is 896 g/mol. The number of Topliss-reactive ketones (excluding diaryl/α,β-unsaturated/α-hetero) is 1. The van der Waals surface area contributed by atoms with Gasteiger partial charge in [0.05, 0.1) is 24.7 Å². The molecule has 8 aromatic rings. The molecule has 0 spiro atoms. The van der Waals surface area contributed by atoms with Crippen LogP contribution >= 0.6 is 23.5 Å². The molecule has 0 radical (unpaired) electrons. The Hall–Kier alpha value is -6.68. The van der Waals surface area contributed by atoms with Crippen molar-refractivity contribution in [3.05, 3.63) is 121 Å². The van der Waals surface area contributed by atoms with Crippen molar-refractivity contribution in [1.29, 1.82) is 0 Å². The van der Waals surface area contributed by atoms with Crippen molar-refractivity contribution in [1.82, 2.24) is 39.0 Å². The zero-order valence-electron chi connectivity index (χ0n) is 36.1. The Morgan fingerprint density at radius 3 is 1.29 bits per heavy atom. The molecule has 66 heavy (non-hydrogen) atoms. The van der Waals surface area contributed by atoms with E-state index in [0.29, 0.717) is 68.9 Å². The Morgan fingerprint density at radius 1 is 0.576 bits per heavy atom. The van der Waals surface area contributed by atoms with Gasteiger partial charge >= 0.3 is 35.5 Å². The van der Waals surface area contributed by atoms with Gasteiger partial charge in [0.1, 0.15) is 28.3 Å². The van der Waals surface area contributed by atoms with E-state index >= 15 is 0 Å². The minimum absolute atomic E-state index is 0. The number of para-hydroxylation sites is 2. The van der Waals surface area contributed by atoms with Gasteiger partial charge in [0, 0.05) is 22.5 Å². The smallest absolute Gasteiger partial charge is 0.870 e. The molecule has 0 atom stereocenters. The van der Waals surface area contributed by atoms with Crippen LogP contribution in [-0.4, -0.2) is 97.9 Å². The number of carboxylic acid groups (broad SMARTS) is 1. The van der Waals surface area contributed by atoms with Crippen LogP contribution in [0.15, 0.2) is 120 Å². The van der Waals surface area contributed by atoms with E-state index in [1.807, 2.05) is 103 Å². The summed E-state index contributed by atoms with van der Waals surface area (Å²) in [7, 11) is 0. The zero-order valence-corrected chi connectivity index (χ0v) is 39.7. The first-order valence-electron chi connectivity index (χ1n) is 19.7. The fourth-order valence-electron chi connectivity index (χ4n) is 6.32. The third kappa shape index (κ3) is 11.6. The number of nitrogens with two attached hydrogens (primary N) is 2. The number of benzene rings is 4. The maximum Gasteiger partial charge on any atom is 1.00 e. The number of ketones is 1. The fraction of sp³-hybridized carbons (Fsp3) is 0.156. The van der Waals surface area contributed by atoms with Crippen LogP contribution in [0.5, 0.6) is 11.5 Å². The van der Waals surface area contributed by atoms with E-state index in [0.717, 1.165) is 28.9 Å². The van der Waals surface area contributed by atoms with Crippen LogP contribution in [0.3, 0.4) is 0 Å². The first kappa shape index (κ1) is 50.3. The van der Waals surface area contributed by atoms with Gasteiger partial charge in [-0.15, -0.1) is 0 Å². The third-order valence-corrected chi connectivity index (χ3v) is 11.0. The average Bonchev–Trinajstić information content (AvgIpc) is 3.86. The van der Waals surface area contributed by atoms with Crippen molar-refractivity contribution in [2.75, 3.05) is 24.7 Å². The van der Waals surface area contributed by atoms with Gasteiger partial charge in [-0.25, -0.2) is 29.9 Å². The van der Waals surface area contributed by atoms with E-state index in [9.17, 15) is 19.2 Å². The number of carbonyl (C=O) groups is 4. The summed E-state index contributed by atoms with van der Waals surface area (Å²) >= 11 is 2.29. The largest absolute Gasteiger partial charge is 1.00 e. The maximum absolute atomic E-state index is 12.3. The van der Waals surface area contributed by atoms with Gasteiger partial charge in [-0.2, -0.15) is 0 Å². The van der Waals surface area contributed by atoms with Crippen molar-refractivity contribution >= 4 is 69.4 Å². The average molecular weight is 937 g/mol. The van der Waals surface area contributed by atoms with Crippen molar-refractivity contribution in [3.63, 3.8) is 0 Å². The van der Waals surface area contributed by atoms with E-state index < -0.39 is 17.8 Å². The van der Waals surface area contributed by atoms with Gasteiger partial charge in [-0.3, -0.25) is 28.3 Å². The predicted molar refractivity (Wildman–Crippen MR) is 245 cm³/mol. The number of amides is 2. The van der Waals surface area contributed by atoms with Crippen molar-refractivity contribution in [3.8, 4) is 45.6 Å². The normalized spacial score (nSPS) is 10.6. The van der Waals surface area contributed by atoms with E-state index in [-0.39, 0.29) is 69.2 Å². The number of hydrogen-bond donors (Lipinski definition) is 3. The molecule has 0 aliphatic rings. The number of thioether (sulfide) groups is 2. The summed E-state index contributed by atoms with van der Waals surface area (Å²) in [4.78, 5) is 74.5. The molecule has 0 unspecified atom stereocenters. The molecule has 6 N–H and O–H groups in total. The number of carbonyl (C=O) groups excluding carboxylic acids is 3. The van der Waals surface area contributed by atoms with Crippen LogP contribution in [0, 0.1) is 0 Å². The molecule has 0 fully saturated rings. The molecule has 21 heteroatoms. The molecule has 2 amide bonds. The van der Waals surface area contributed by atoms with E-state index in [1.54, 1.807) is 28.8 Å². The van der Waals surface area contributed by atoms with Gasteiger partial charge in [-0.1, -0.05) is 59.9 Å². The summed E-state index contributed by atoms with van der Waals surface area (Å²) in [5.74, 6) is -0.337. The number of primary amides is 2. The SMILES string of the molecule is CCOc1ccc(-c2nc(C(N)=O)c3nc(SCC(=O)O)n(-c4ccccc4)c3n2)cc1.CCOc1ccc(-c2nc(C(N)=O)c3nc(SCC(C)=O)n(-c4ccccc4)c3n2)cc1.[Na+].[OH-]. The second kappa shape index (κ2) is 23.0. The number of carboxylic acids is 1. The van der Waals surface area contributed by atoms with Crippen molar-refractivity contribution in [2.24, 2.45) is 11.5 Å². The molecule has 4 aromatic heterocycles. The van der Waals surface area contributed by atoms with E-state index in [4.69, 9.17) is 31.0 Å². The number of fused-ring (bicyclic) bond motifs is 2. The quantitative estimate of drug-likeness (QED) is 0.0921. The summed E-state index contributed by atoms with van der Waals surface area (Å²) in [5, 5.41) is 10.0. The number of aliphatic carboxylic acids is 1. The molecule has 0 saturated heterocycles. The van der Waals surface area contributed by atoms with Gasteiger partial charge < -0.3 is 31.5 Å². The van der Waals surface area contributed by atoms with Crippen LogP contribution in [0.1, 0.15) is 41.7 Å². The van der Waals surface area contributed by atoms with Crippen LogP contribution in [0.2, 0.25) is 0 Å². The molecule has 332 valence electrons. The van der Waals surface area contributed by atoms with Crippen molar-refractivity contribution < 1.29 is 68.8 Å². The van der Waals surface area contributed by atoms with Crippen molar-refractivity contribution in [2.45, 2.75) is 31.1 Å². The Balaban J connectivity index is 0.000000240. The molecule has 18 nitrogen and oxygen atoms in total. The summed E-state index contributed by atoms with van der Waals surface area (Å²) in [6.07, 6.45) is 0. The second-order valence-electron chi connectivity index (χ2n) is 13.6. The third-order valence-electron chi connectivity index (χ3n) is 9.02. The minimum Gasteiger partial charge on any atom is -0.870 e. The zero-order chi connectivity index (χ0) is 45.3. The molecule has 0 aliphatic heterocycles. The van der Waals surface area contributed by atoms with E-state index in [1.165, 1.54) is 18.7 Å². The number of hydrogen-bond acceptors (Lipinski definition) is 15. The van der Waals surface area contributed by atoms with Crippen LogP contribution in [-0.2, 0) is 9.59 Å². The second-order valence-corrected chi connectivity index (χ2v) is 15.5. The van der Waals surface area contributed by atoms with Gasteiger partial charge in [0.2, 0.25) is 0 Å². The van der Waals surface area contributed by atoms with Gasteiger partial charge in [-0.05, 0) is 93.6 Å². The molecule has 0 saturated carbocycles. The predicted octanol–water partition coefficient (Wildman–Crippen LogP) is 3.65. The summed E-state index contributed by atoms with van der Waals surface area (Å²) in [6, 6.07) is 33.2. The first-order chi connectivity index (χ1) is 30.9. The first-order valence-corrected chi connectivity index (χ1v) is 21.7. The minimum atomic E-state index is -0.988. The van der Waals surface area contributed by atoms with Gasteiger partial charge in [0.15, 0.2) is 44.6 Å². The molecule has 4 heterocycles. The number of rotatable bonds is 16. The monoisotopic (exact) mass is 936 g/mol. The molecule has 8 rings (SSSR count).